The van der Waals surface area contributed by atoms with Gasteiger partial charge in [-0.2, -0.15) is 5.10 Å². The van der Waals surface area contributed by atoms with Crippen molar-refractivity contribution < 1.29 is 9.59 Å². The SMILES string of the molecule is Cn1ccc(C(=O)Nc2ccccc2C(=O)N2CCC[C@@H](Cc3ccnc4ccccc34)CC2)n1. The molecule has 1 saturated heterocycles. The van der Waals surface area contributed by atoms with Gasteiger partial charge in [0, 0.05) is 37.9 Å². The van der Waals surface area contributed by atoms with Crippen molar-refractivity contribution in [2.45, 2.75) is 25.7 Å². The number of para-hydroxylation sites is 2. The standard InChI is InChI=1S/C28H29N5O2/c1-32-17-14-26(31-32)27(34)30-25-11-5-3-9-23(25)28(35)33-16-6-7-20(13-18-33)19-21-12-15-29-24-10-4-2-8-22(21)24/h2-5,8-12,14-15,17,20H,6-7,13,16,18-19H2,1H3,(H,30,34)/t20-/m1/s1. The van der Waals surface area contributed by atoms with Crippen LogP contribution in [0.4, 0.5) is 5.69 Å². The number of hydrogen-bond acceptors (Lipinski definition) is 4. The molecule has 1 aliphatic heterocycles. The van der Waals surface area contributed by atoms with Crippen LogP contribution in [0.15, 0.2) is 73.1 Å². The van der Waals surface area contributed by atoms with Crippen molar-refractivity contribution in [1.82, 2.24) is 19.7 Å². The molecule has 1 atom stereocenters. The number of pyridine rings is 1. The molecule has 0 saturated carbocycles. The Kier molecular flexibility index (Phi) is 6.57. The first-order valence-electron chi connectivity index (χ1n) is 12.1. The van der Waals surface area contributed by atoms with Gasteiger partial charge in [0.15, 0.2) is 5.69 Å². The summed E-state index contributed by atoms with van der Waals surface area (Å²) in [5.41, 5.74) is 3.69. The fraction of sp³-hybridized carbons (Fsp3) is 0.286. The van der Waals surface area contributed by atoms with E-state index in [1.807, 2.05) is 29.3 Å². The van der Waals surface area contributed by atoms with Gasteiger partial charge < -0.3 is 10.2 Å². The second-order valence-corrected chi connectivity index (χ2v) is 9.15. The molecule has 2 amide bonds. The van der Waals surface area contributed by atoms with Gasteiger partial charge in [0.1, 0.15) is 0 Å². The van der Waals surface area contributed by atoms with Gasteiger partial charge >= 0.3 is 0 Å². The first-order chi connectivity index (χ1) is 17.1. The molecule has 0 radical (unpaired) electrons. The number of aryl methyl sites for hydroxylation is 1. The van der Waals surface area contributed by atoms with E-state index in [-0.39, 0.29) is 11.8 Å². The second-order valence-electron chi connectivity index (χ2n) is 9.15. The third-order valence-corrected chi connectivity index (χ3v) is 6.73. The van der Waals surface area contributed by atoms with Crippen LogP contribution in [0, 0.1) is 5.92 Å². The van der Waals surface area contributed by atoms with E-state index in [4.69, 9.17) is 0 Å². The lowest BCUT2D eigenvalue weighted by atomic mass is 9.91. The van der Waals surface area contributed by atoms with Crippen LogP contribution >= 0.6 is 0 Å². The van der Waals surface area contributed by atoms with Gasteiger partial charge in [0.05, 0.1) is 16.8 Å². The highest BCUT2D eigenvalue weighted by Crippen LogP contribution is 2.27. The van der Waals surface area contributed by atoms with Gasteiger partial charge in [-0.25, -0.2) is 0 Å². The van der Waals surface area contributed by atoms with Gasteiger partial charge in [-0.3, -0.25) is 19.3 Å². The summed E-state index contributed by atoms with van der Waals surface area (Å²) >= 11 is 0. The predicted octanol–water partition coefficient (Wildman–Crippen LogP) is 4.71. The third kappa shape index (κ3) is 5.09. The minimum Gasteiger partial charge on any atom is -0.339 e. The molecule has 178 valence electrons. The Morgan fingerprint density at radius 3 is 2.69 bits per heavy atom. The lowest BCUT2D eigenvalue weighted by Gasteiger charge is -2.22. The largest absolute Gasteiger partial charge is 0.339 e. The lowest BCUT2D eigenvalue weighted by Crippen LogP contribution is -2.33. The molecule has 5 rings (SSSR count). The summed E-state index contributed by atoms with van der Waals surface area (Å²) in [5, 5.41) is 8.23. The van der Waals surface area contributed by atoms with Gasteiger partial charge in [-0.05, 0) is 67.5 Å². The molecule has 4 aromatic rings. The number of fused-ring (bicyclic) bond motifs is 1. The smallest absolute Gasteiger partial charge is 0.276 e. The minimum absolute atomic E-state index is 0.0445. The number of anilines is 1. The van der Waals surface area contributed by atoms with E-state index in [0.717, 1.165) is 37.7 Å². The summed E-state index contributed by atoms with van der Waals surface area (Å²) in [5.74, 6) is 0.140. The van der Waals surface area contributed by atoms with Crippen molar-refractivity contribution in [3.05, 3.63) is 89.9 Å². The number of aromatic nitrogens is 3. The summed E-state index contributed by atoms with van der Waals surface area (Å²) in [6.07, 6.45) is 7.59. The fourth-order valence-electron chi connectivity index (χ4n) is 4.89. The highest BCUT2D eigenvalue weighted by molar-refractivity contribution is 6.08. The van der Waals surface area contributed by atoms with E-state index in [1.165, 1.54) is 10.9 Å². The van der Waals surface area contributed by atoms with Crippen LogP contribution in [0.25, 0.3) is 10.9 Å². The van der Waals surface area contributed by atoms with Crippen LogP contribution in [0.1, 0.15) is 45.7 Å². The molecule has 1 fully saturated rings. The number of carbonyl (C=O) groups excluding carboxylic acids is 2. The maximum atomic E-state index is 13.5. The number of nitrogens with one attached hydrogen (secondary N) is 1. The number of likely N-dealkylation sites (tertiary alicyclic amines) is 1. The molecular weight excluding hydrogens is 438 g/mol. The van der Waals surface area contributed by atoms with E-state index in [0.29, 0.717) is 29.4 Å². The molecule has 3 heterocycles. The van der Waals surface area contributed by atoms with E-state index >= 15 is 0 Å². The maximum absolute atomic E-state index is 13.5. The molecule has 1 aliphatic rings. The topological polar surface area (TPSA) is 80.1 Å². The Morgan fingerprint density at radius 1 is 1.00 bits per heavy atom. The molecule has 35 heavy (non-hydrogen) atoms. The van der Waals surface area contributed by atoms with Crippen molar-refractivity contribution in [2.24, 2.45) is 13.0 Å². The molecule has 2 aromatic heterocycles. The first kappa shape index (κ1) is 22.8. The van der Waals surface area contributed by atoms with Crippen molar-refractivity contribution in [3.63, 3.8) is 0 Å². The summed E-state index contributed by atoms with van der Waals surface area (Å²) < 4.78 is 1.58. The number of carbonyl (C=O) groups is 2. The number of nitrogens with zero attached hydrogens (tertiary/aromatic N) is 4. The Bertz CT molecular complexity index is 1360. The van der Waals surface area contributed by atoms with Crippen LogP contribution in [0.5, 0.6) is 0 Å². The van der Waals surface area contributed by atoms with Gasteiger partial charge in [-0.15, -0.1) is 0 Å². The van der Waals surface area contributed by atoms with Crippen LogP contribution in [-0.2, 0) is 13.5 Å². The summed E-state index contributed by atoms with van der Waals surface area (Å²) in [6, 6.07) is 19.2. The zero-order valence-electron chi connectivity index (χ0n) is 19.9. The van der Waals surface area contributed by atoms with Crippen LogP contribution in [0.3, 0.4) is 0 Å². The lowest BCUT2D eigenvalue weighted by molar-refractivity contribution is 0.0761. The van der Waals surface area contributed by atoms with E-state index in [2.05, 4.69) is 39.7 Å². The zero-order valence-corrected chi connectivity index (χ0v) is 19.9. The Hall–Kier alpha value is -4.00. The highest BCUT2D eigenvalue weighted by atomic mass is 16.2. The molecule has 7 heteroatoms. The molecule has 1 N–H and O–H groups in total. The summed E-state index contributed by atoms with van der Waals surface area (Å²) in [6.45, 7) is 1.42. The molecular formula is C28H29N5O2. The number of hydrogen-bond donors (Lipinski definition) is 1. The van der Waals surface area contributed by atoms with Crippen molar-refractivity contribution in [2.75, 3.05) is 18.4 Å². The third-order valence-electron chi connectivity index (χ3n) is 6.73. The van der Waals surface area contributed by atoms with Crippen LogP contribution in [0.2, 0.25) is 0 Å². The van der Waals surface area contributed by atoms with Crippen molar-refractivity contribution >= 4 is 28.4 Å². The molecule has 0 aliphatic carbocycles. The van der Waals surface area contributed by atoms with E-state index < -0.39 is 0 Å². The number of benzene rings is 2. The summed E-state index contributed by atoms with van der Waals surface area (Å²) in [4.78, 5) is 32.5. The van der Waals surface area contributed by atoms with Crippen LogP contribution in [-0.4, -0.2) is 44.6 Å². The highest BCUT2D eigenvalue weighted by Gasteiger charge is 2.24. The average molecular weight is 468 g/mol. The number of rotatable bonds is 5. The molecule has 0 unspecified atom stereocenters. The normalized spacial score (nSPS) is 16.1. The Labute approximate surface area is 204 Å². The van der Waals surface area contributed by atoms with Gasteiger partial charge in [-0.1, -0.05) is 30.3 Å². The van der Waals surface area contributed by atoms with Crippen molar-refractivity contribution in [3.8, 4) is 0 Å². The van der Waals surface area contributed by atoms with Gasteiger partial charge in [0.25, 0.3) is 11.8 Å². The predicted molar refractivity (Wildman–Crippen MR) is 136 cm³/mol. The fourth-order valence-corrected chi connectivity index (χ4v) is 4.89. The molecule has 0 spiro atoms. The second kappa shape index (κ2) is 10.1. The van der Waals surface area contributed by atoms with Crippen LogP contribution < -0.4 is 5.32 Å². The summed E-state index contributed by atoms with van der Waals surface area (Å²) in [7, 11) is 1.76. The Morgan fingerprint density at radius 2 is 1.83 bits per heavy atom. The minimum atomic E-state index is -0.327. The average Bonchev–Trinajstić information content (AvgIpc) is 3.18. The zero-order chi connectivity index (χ0) is 24.2. The quantitative estimate of drug-likeness (QED) is 0.461. The molecule has 7 nitrogen and oxygen atoms in total. The molecule has 0 bridgehead atoms. The first-order valence-corrected chi connectivity index (χ1v) is 12.1. The number of amides is 2. The molecule has 2 aromatic carbocycles. The van der Waals surface area contributed by atoms with Gasteiger partial charge in [0.2, 0.25) is 0 Å². The van der Waals surface area contributed by atoms with Crippen molar-refractivity contribution in [1.29, 1.82) is 0 Å². The monoisotopic (exact) mass is 467 g/mol. The maximum Gasteiger partial charge on any atom is 0.276 e. The Balaban J connectivity index is 1.27. The van der Waals surface area contributed by atoms with E-state index in [9.17, 15) is 9.59 Å². The van der Waals surface area contributed by atoms with E-state index in [1.54, 1.807) is 36.1 Å².